The van der Waals surface area contributed by atoms with Gasteiger partial charge in [0, 0.05) is 43.3 Å². The molecule has 0 saturated carbocycles. The van der Waals surface area contributed by atoms with E-state index in [1.54, 1.807) is 23.1 Å². The minimum atomic E-state index is -3.66. The maximum Gasteiger partial charge on any atom is 0.243 e. The fraction of sp³-hybridized carbons (Fsp3) is 0.440. The van der Waals surface area contributed by atoms with Crippen LogP contribution in [0.1, 0.15) is 44.7 Å². The van der Waals surface area contributed by atoms with Gasteiger partial charge in [0.15, 0.2) is 0 Å². The van der Waals surface area contributed by atoms with Gasteiger partial charge in [0.05, 0.1) is 4.90 Å². The van der Waals surface area contributed by atoms with Crippen LogP contribution in [0.3, 0.4) is 0 Å². The Morgan fingerprint density at radius 1 is 1.06 bits per heavy atom. The zero-order valence-corrected chi connectivity index (χ0v) is 20.2. The number of amides is 2. The molecule has 1 saturated heterocycles. The van der Waals surface area contributed by atoms with E-state index >= 15 is 0 Å². The molecule has 2 aliphatic heterocycles. The molecule has 1 N–H and O–H groups in total. The van der Waals surface area contributed by atoms with Gasteiger partial charge in [-0.25, -0.2) is 8.42 Å². The van der Waals surface area contributed by atoms with Crippen LogP contribution in [0.2, 0.25) is 0 Å². The molecule has 0 spiro atoms. The van der Waals surface area contributed by atoms with Gasteiger partial charge in [-0.05, 0) is 74.1 Å². The van der Waals surface area contributed by atoms with Crippen LogP contribution < -0.4 is 10.2 Å². The third-order valence-electron chi connectivity index (χ3n) is 6.70. The highest BCUT2D eigenvalue weighted by molar-refractivity contribution is 7.89. The molecular weight excluding hydrogens is 438 g/mol. The summed E-state index contributed by atoms with van der Waals surface area (Å²) in [6, 6.07) is 12.8. The van der Waals surface area contributed by atoms with Crippen LogP contribution in [0, 0.1) is 5.92 Å². The van der Waals surface area contributed by atoms with Crippen LogP contribution in [-0.2, 0) is 32.5 Å². The summed E-state index contributed by atoms with van der Waals surface area (Å²) in [7, 11) is -3.66. The number of piperidine rings is 1. The van der Waals surface area contributed by atoms with Gasteiger partial charge < -0.3 is 10.2 Å². The molecule has 2 aromatic rings. The zero-order chi connectivity index (χ0) is 23.8. The average molecular weight is 470 g/mol. The fourth-order valence-electron chi connectivity index (χ4n) is 4.82. The number of benzene rings is 2. The summed E-state index contributed by atoms with van der Waals surface area (Å²) in [4.78, 5) is 26.6. The monoisotopic (exact) mass is 469 g/mol. The molecule has 0 unspecified atom stereocenters. The lowest BCUT2D eigenvalue weighted by Crippen LogP contribution is -2.41. The van der Waals surface area contributed by atoms with Crippen LogP contribution in [0.15, 0.2) is 47.4 Å². The molecule has 0 aromatic heterocycles. The highest BCUT2D eigenvalue weighted by atomic mass is 32.2. The molecule has 0 bridgehead atoms. The molecule has 176 valence electrons. The maximum absolute atomic E-state index is 13.3. The lowest BCUT2D eigenvalue weighted by molar-refractivity contribution is -0.121. The predicted molar refractivity (Wildman–Crippen MR) is 129 cm³/mol. The maximum atomic E-state index is 13.3. The standard InChI is InChI=1S/C25H31N3O4S/c1-4-19-5-7-22(8-6-19)26-25(30)20-11-13-27(14-12-20)33(31,32)23-9-10-24-21(16-23)15-17(2)28(24)18(3)29/h5-10,16-17,20H,4,11-15H2,1-3H3,(H,26,30)/t17-/m1/s1. The third kappa shape index (κ3) is 4.68. The summed E-state index contributed by atoms with van der Waals surface area (Å²) in [6.07, 6.45) is 2.55. The lowest BCUT2D eigenvalue weighted by atomic mass is 9.97. The van der Waals surface area contributed by atoms with Crippen LogP contribution in [0.5, 0.6) is 0 Å². The smallest absolute Gasteiger partial charge is 0.243 e. The Hall–Kier alpha value is -2.71. The SMILES string of the molecule is CCc1ccc(NC(=O)C2CCN(S(=O)(=O)c3ccc4c(c3)C[C@@H](C)N4C(C)=O)CC2)cc1. The van der Waals surface area contributed by atoms with Crippen molar-refractivity contribution < 1.29 is 18.0 Å². The summed E-state index contributed by atoms with van der Waals surface area (Å²) >= 11 is 0. The van der Waals surface area contributed by atoms with Crippen LogP contribution >= 0.6 is 0 Å². The summed E-state index contributed by atoms with van der Waals surface area (Å²) in [5, 5.41) is 2.95. The van der Waals surface area contributed by atoms with Gasteiger partial charge in [-0.1, -0.05) is 19.1 Å². The van der Waals surface area contributed by atoms with Crippen LogP contribution in [-0.4, -0.2) is 43.7 Å². The molecular formula is C25H31N3O4S. The molecule has 2 aliphatic rings. The summed E-state index contributed by atoms with van der Waals surface area (Å²) in [6.45, 7) is 6.18. The number of fused-ring (bicyclic) bond motifs is 1. The highest BCUT2D eigenvalue weighted by Gasteiger charge is 2.34. The molecule has 33 heavy (non-hydrogen) atoms. The van der Waals surface area contributed by atoms with Crippen molar-refractivity contribution in [3.05, 3.63) is 53.6 Å². The summed E-state index contributed by atoms with van der Waals surface area (Å²) < 4.78 is 28.0. The number of carbonyl (C=O) groups excluding carboxylic acids is 2. The van der Waals surface area contributed by atoms with Crippen molar-refractivity contribution >= 4 is 33.2 Å². The van der Waals surface area contributed by atoms with Crippen molar-refractivity contribution in [1.82, 2.24) is 4.31 Å². The minimum Gasteiger partial charge on any atom is -0.326 e. The van der Waals surface area contributed by atoms with Crippen LogP contribution in [0.25, 0.3) is 0 Å². The highest BCUT2D eigenvalue weighted by Crippen LogP contribution is 2.35. The van der Waals surface area contributed by atoms with E-state index in [4.69, 9.17) is 0 Å². The Bertz CT molecular complexity index is 1150. The lowest BCUT2D eigenvalue weighted by Gasteiger charge is -2.30. The molecule has 4 rings (SSSR count). The first-order valence-electron chi connectivity index (χ1n) is 11.5. The Morgan fingerprint density at radius 2 is 1.73 bits per heavy atom. The number of nitrogens with zero attached hydrogens (tertiary/aromatic N) is 2. The Labute approximate surface area is 195 Å². The van der Waals surface area contributed by atoms with E-state index in [9.17, 15) is 18.0 Å². The molecule has 2 heterocycles. The van der Waals surface area contributed by atoms with Gasteiger partial charge in [0.25, 0.3) is 0 Å². The molecule has 0 radical (unpaired) electrons. The van der Waals surface area contributed by atoms with E-state index in [0.29, 0.717) is 32.4 Å². The van der Waals surface area contributed by atoms with Crippen LogP contribution in [0.4, 0.5) is 11.4 Å². The van der Waals surface area contributed by atoms with Gasteiger partial charge in [-0.2, -0.15) is 4.31 Å². The van der Waals surface area contributed by atoms with E-state index in [-0.39, 0.29) is 28.7 Å². The topological polar surface area (TPSA) is 86.8 Å². The first-order valence-corrected chi connectivity index (χ1v) is 13.0. The van der Waals surface area contributed by atoms with Crippen molar-refractivity contribution in [1.29, 1.82) is 0 Å². The Morgan fingerprint density at radius 3 is 2.33 bits per heavy atom. The normalized spacial score (nSPS) is 19.4. The first-order chi connectivity index (χ1) is 15.7. The minimum absolute atomic E-state index is 0.0166. The molecule has 7 nitrogen and oxygen atoms in total. The number of hydrogen-bond acceptors (Lipinski definition) is 4. The summed E-state index contributed by atoms with van der Waals surface area (Å²) in [5.41, 5.74) is 3.64. The van der Waals surface area contributed by atoms with E-state index in [0.717, 1.165) is 23.4 Å². The number of anilines is 2. The average Bonchev–Trinajstić information content (AvgIpc) is 3.14. The molecule has 2 aromatic carbocycles. The largest absolute Gasteiger partial charge is 0.326 e. The predicted octanol–water partition coefficient (Wildman–Crippen LogP) is 3.59. The zero-order valence-electron chi connectivity index (χ0n) is 19.4. The van der Waals surface area contributed by atoms with Gasteiger partial charge in [-0.15, -0.1) is 0 Å². The van der Waals surface area contributed by atoms with E-state index in [2.05, 4.69) is 12.2 Å². The van der Waals surface area contributed by atoms with Gasteiger partial charge in [0.2, 0.25) is 21.8 Å². The second kappa shape index (κ2) is 9.27. The third-order valence-corrected chi connectivity index (χ3v) is 8.59. The number of aryl methyl sites for hydroxylation is 1. The number of hydrogen-bond donors (Lipinski definition) is 1. The van der Waals surface area contributed by atoms with Gasteiger partial charge in [0.1, 0.15) is 0 Å². The van der Waals surface area contributed by atoms with E-state index < -0.39 is 10.0 Å². The number of sulfonamides is 1. The van der Waals surface area contributed by atoms with Crippen molar-refractivity contribution in [3.63, 3.8) is 0 Å². The number of nitrogens with one attached hydrogen (secondary N) is 1. The summed E-state index contributed by atoms with van der Waals surface area (Å²) in [5.74, 6) is -0.321. The molecule has 0 aliphatic carbocycles. The first kappa shape index (κ1) is 23.4. The number of rotatable bonds is 5. The van der Waals surface area contributed by atoms with Crippen molar-refractivity contribution in [2.24, 2.45) is 5.92 Å². The molecule has 1 fully saturated rings. The van der Waals surface area contributed by atoms with Gasteiger partial charge >= 0.3 is 0 Å². The second-order valence-electron chi connectivity index (χ2n) is 8.95. The quantitative estimate of drug-likeness (QED) is 0.725. The Balaban J connectivity index is 1.40. The molecule has 2 amide bonds. The molecule has 1 atom stereocenters. The molecule has 8 heteroatoms. The van der Waals surface area contributed by atoms with Crippen molar-refractivity contribution in [2.75, 3.05) is 23.3 Å². The fourth-order valence-corrected chi connectivity index (χ4v) is 6.34. The second-order valence-corrected chi connectivity index (χ2v) is 10.9. The Kier molecular flexibility index (Phi) is 6.59. The van der Waals surface area contributed by atoms with E-state index in [1.807, 2.05) is 31.2 Å². The van der Waals surface area contributed by atoms with Crippen molar-refractivity contribution in [2.45, 2.75) is 57.4 Å². The van der Waals surface area contributed by atoms with Crippen molar-refractivity contribution in [3.8, 4) is 0 Å². The van der Waals surface area contributed by atoms with Gasteiger partial charge in [-0.3, -0.25) is 9.59 Å². The van der Waals surface area contributed by atoms with E-state index in [1.165, 1.54) is 16.8 Å². The number of carbonyl (C=O) groups is 2.